The van der Waals surface area contributed by atoms with Crippen LogP contribution in [0.15, 0.2) is 48.5 Å². The van der Waals surface area contributed by atoms with Crippen LogP contribution in [-0.4, -0.2) is 16.0 Å². The summed E-state index contributed by atoms with van der Waals surface area (Å²) >= 11 is 0. The number of aryl methyl sites for hydroxylation is 1. The maximum absolute atomic E-state index is 11.9. The molecule has 0 saturated heterocycles. The molecule has 0 bridgehead atoms. The number of phenols is 2. The summed E-state index contributed by atoms with van der Waals surface area (Å²) < 4.78 is 0. The molecule has 0 radical (unpaired) electrons. The van der Waals surface area contributed by atoms with Gasteiger partial charge in [0.25, 0.3) is 0 Å². The van der Waals surface area contributed by atoms with Crippen LogP contribution < -0.4 is 0 Å². The van der Waals surface area contributed by atoms with Gasteiger partial charge in [-0.15, -0.1) is 0 Å². The van der Waals surface area contributed by atoms with Crippen molar-refractivity contribution < 1.29 is 15.0 Å². The van der Waals surface area contributed by atoms with E-state index in [9.17, 15) is 15.0 Å². The molecular formula is C16H14O3. The molecule has 0 unspecified atom stereocenters. The Morgan fingerprint density at radius 1 is 1.11 bits per heavy atom. The zero-order chi connectivity index (χ0) is 13.8. The van der Waals surface area contributed by atoms with Crippen molar-refractivity contribution in [2.24, 2.45) is 0 Å². The highest BCUT2D eigenvalue weighted by Gasteiger charge is 2.08. The fourth-order valence-electron chi connectivity index (χ4n) is 1.76. The molecule has 0 spiro atoms. The molecule has 0 amide bonds. The van der Waals surface area contributed by atoms with E-state index in [0.29, 0.717) is 0 Å². The first-order chi connectivity index (χ1) is 9.08. The summed E-state index contributed by atoms with van der Waals surface area (Å²) in [5, 5.41) is 18.8. The number of allylic oxidation sites excluding steroid dienone is 1. The van der Waals surface area contributed by atoms with E-state index in [0.717, 1.165) is 17.2 Å². The van der Waals surface area contributed by atoms with Crippen molar-refractivity contribution in [3.63, 3.8) is 0 Å². The molecule has 96 valence electrons. The van der Waals surface area contributed by atoms with Crippen LogP contribution in [-0.2, 0) is 0 Å². The van der Waals surface area contributed by atoms with Gasteiger partial charge in [-0.2, -0.15) is 0 Å². The summed E-state index contributed by atoms with van der Waals surface area (Å²) in [5.41, 5.74) is 2.19. The molecule has 2 aromatic rings. The molecule has 0 saturated carbocycles. The lowest BCUT2D eigenvalue weighted by Crippen LogP contribution is -1.94. The number of hydrogen-bond acceptors (Lipinski definition) is 3. The van der Waals surface area contributed by atoms with Crippen molar-refractivity contribution in [2.45, 2.75) is 6.92 Å². The molecule has 0 atom stereocenters. The molecule has 2 rings (SSSR count). The van der Waals surface area contributed by atoms with E-state index >= 15 is 0 Å². The van der Waals surface area contributed by atoms with Gasteiger partial charge >= 0.3 is 0 Å². The van der Waals surface area contributed by atoms with Gasteiger partial charge in [0.1, 0.15) is 11.5 Å². The highest BCUT2D eigenvalue weighted by molar-refractivity contribution is 6.08. The van der Waals surface area contributed by atoms with Gasteiger partial charge in [0.2, 0.25) is 0 Å². The van der Waals surface area contributed by atoms with E-state index in [1.165, 1.54) is 18.2 Å². The van der Waals surface area contributed by atoms with Crippen LogP contribution in [0.3, 0.4) is 0 Å². The SMILES string of the molecule is Cc1ccccc1/C=C/C(=O)c1ccc(O)cc1O. The van der Waals surface area contributed by atoms with E-state index in [1.807, 2.05) is 31.2 Å². The van der Waals surface area contributed by atoms with Crippen LogP contribution >= 0.6 is 0 Å². The molecule has 2 N–H and O–H groups in total. The molecule has 0 aliphatic heterocycles. The molecule has 2 aromatic carbocycles. The fraction of sp³-hybridized carbons (Fsp3) is 0.0625. The Balaban J connectivity index is 2.24. The van der Waals surface area contributed by atoms with Gasteiger partial charge in [-0.1, -0.05) is 30.3 Å². The van der Waals surface area contributed by atoms with Crippen molar-refractivity contribution in [1.29, 1.82) is 0 Å². The van der Waals surface area contributed by atoms with Crippen molar-refractivity contribution in [2.75, 3.05) is 0 Å². The summed E-state index contributed by atoms with van der Waals surface area (Å²) in [4.78, 5) is 11.9. The van der Waals surface area contributed by atoms with Crippen LogP contribution in [0.2, 0.25) is 0 Å². The number of carbonyl (C=O) groups excluding carboxylic acids is 1. The number of aromatic hydroxyl groups is 2. The summed E-state index contributed by atoms with van der Waals surface area (Å²) in [5.74, 6) is -0.600. The maximum atomic E-state index is 11.9. The minimum atomic E-state index is -0.305. The molecule has 3 nitrogen and oxygen atoms in total. The second-order valence-electron chi connectivity index (χ2n) is 4.26. The molecule has 0 aromatic heterocycles. The van der Waals surface area contributed by atoms with Gasteiger partial charge < -0.3 is 10.2 Å². The Hall–Kier alpha value is -2.55. The lowest BCUT2D eigenvalue weighted by Gasteiger charge is -2.01. The molecule has 0 heterocycles. The van der Waals surface area contributed by atoms with Crippen molar-refractivity contribution in [1.82, 2.24) is 0 Å². The van der Waals surface area contributed by atoms with E-state index in [-0.39, 0.29) is 22.8 Å². The van der Waals surface area contributed by atoms with Crippen molar-refractivity contribution in [3.8, 4) is 11.5 Å². The minimum absolute atomic E-state index is 0.0723. The summed E-state index contributed by atoms with van der Waals surface area (Å²) in [6.45, 7) is 1.96. The second-order valence-corrected chi connectivity index (χ2v) is 4.26. The normalized spacial score (nSPS) is 10.8. The number of phenolic OH excluding ortho intramolecular Hbond substituents is 2. The van der Waals surface area contributed by atoms with Gasteiger partial charge in [0.05, 0.1) is 5.56 Å². The van der Waals surface area contributed by atoms with Crippen LogP contribution in [0.5, 0.6) is 11.5 Å². The molecular weight excluding hydrogens is 240 g/mol. The minimum Gasteiger partial charge on any atom is -0.508 e. The first-order valence-electron chi connectivity index (χ1n) is 5.88. The van der Waals surface area contributed by atoms with Crippen LogP contribution in [0.25, 0.3) is 6.08 Å². The Morgan fingerprint density at radius 3 is 2.53 bits per heavy atom. The lowest BCUT2D eigenvalue weighted by atomic mass is 10.1. The topological polar surface area (TPSA) is 57.5 Å². The summed E-state index contributed by atoms with van der Waals surface area (Å²) in [7, 11) is 0. The first-order valence-corrected chi connectivity index (χ1v) is 5.88. The average molecular weight is 254 g/mol. The lowest BCUT2D eigenvalue weighted by molar-refractivity contribution is 0.104. The van der Waals surface area contributed by atoms with E-state index < -0.39 is 0 Å². The zero-order valence-corrected chi connectivity index (χ0v) is 10.5. The van der Waals surface area contributed by atoms with Crippen LogP contribution in [0, 0.1) is 6.92 Å². The van der Waals surface area contributed by atoms with Crippen molar-refractivity contribution >= 4 is 11.9 Å². The third-order valence-corrected chi connectivity index (χ3v) is 2.85. The number of hydrogen-bond donors (Lipinski definition) is 2. The predicted molar refractivity (Wildman–Crippen MR) is 74.3 cm³/mol. The smallest absolute Gasteiger partial charge is 0.189 e. The highest BCUT2D eigenvalue weighted by atomic mass is 16.3. The van der Waals surface area contributed by atoms with Gasteiger partial charge in [0, 0.05) is 6.07 Å². The Bertz CT molecular complexity index is 642. The molecule has 3 heteroatoms. The highest BCUT2D eigenvalue weighted by Crippen LogP contribution is 2.23. The van der Waals surface area contributed by atoms with Gasteiger partial charge in [-0.3, -0.25) is 4.79 Å². The van der Waals surface area contributed by atoms with Crippen LogP contribution in [0.1, 0.15) is 21.5 Å². The van der Waals surface area contributed by atoms with E-state index in [2.05, 4.69) is 0 Å². The first kappa shape index (κ1) is 12.9. The Kier molecular flexibility index (Phi) is 3.66. The quantitative estimate of drug-likeness (QED) is 0.652. The third kappa shape index (κ3) is 3.01. The Morgan fingerprint density at radius 2 is 1.84 bits per heavy atom. The fourth-order valence-corrected chi connectivity index (χ4v) is 1.76. The zero-order valence-electron chi connectivity index (χ0n) is 10.5. The van der Waals surface area contributed by atoms with Gasteiger partial charge in [0.15, 0.2) is 5.78 Å². The molecule has 19 heavy (non-hydrogen) atoms. The Labute approximate surface area is 111 Å². The third-order valence-electron chi connectivity index (χ3n) is 2.85. The molecule has 0 fully saturated rings. The molecule has 0 aliphatic carbocycles. The largest absolute Gasteiger partial charge is 0.508 e. The summed E-state index contributed by atoms with van der Waals surface area (Å²) in [6.07, 6.45) is 3.12. The second kappa shape index (κ2) is 5.40. The monoisotopic (exact) mass is 254 g/mol. The number of carbonyl (C=O) groups is 1. The van der Waals surface area contributed by atoms with E-state index in [1.54, 1.807) is 6.08 Å². The predicted octanol–water partition coefficient (Wildman–Crippen LogP) is 3.30. The molecule has 0 aliphatic rings. The van der Waals surface area contributed by atoms with Crippen molar-refractivity contribution in [3.05, 3.63) is 65.2 Å². The standard InChI is InChI=1S/C16H14O3/c1-11-4-2-3-5-12(11)6-9-15(18)14-8-7-13(17)10-16(14)19/h2-10,17,19H,1H3/b9-6+. The van der Waals surface area contributed by atoms with Gasteiger partial charge in [-0.25, -0.2) is 0 Å². The average Bonchev–Trinajstić information content (AvgIpc) is 2.37. The number of ketones is 1. The number of rotatable bonds is 3. The number of benzene rings is 2. The van der Waals surface area contributed by atoms with Crippen LogP contribution in [0.4, 0.5) is 0 Å². The summed E-state index contributed by atoms with van der Waals surface area (Å²) in [6, 6.07) is 11.6. The van der Waals surface area contributed by atoms with E-state index in [4.69, 9.17) is 0 Å². The maximum Gasteiger partial charge on any atom is 0.189 e. The van der Waals surface area contributed by atoms with Gasteiger partial charge in [-0.05, 0) is 36.3 Å².